The van der Waals surface area contributed by atoms with Gasteiger partial charge in [-0.15, -0.1) is 0 Å². The van der Waals surface area contributed by atoms with Crippen LogP contribution < -0.4 is 10.1 Å². The third-order valence-corrected chi connectivity index (χ3v) is 4.19. The lowest BCUT2D eigenvalue weighted by Crippen LogP contribution is -2.40. The molecule has 1 aliphatic rings. The van der Waals surface area contributed by atoms with E-state index in [9.17, 15) is 0 Å². The summed E-state index contributed by atoms with van der Waals surface area (Å²) in [5.41, 5.74) is 1.96. The zero-order valence-corrected chi connectivity index (χ0v) is 14.5. The maximum absolute atomic E-state index is 8.87. The lowest BCUT2D eigenvalue weighted by molar-refractivity contribution is 0.0922. The average molecular weight is 333 g/mol. The second-order valence-electron chi connectivity index (χ2n) is 5.62. The Bertz CT molecular complexity index is 580. The van der Waals surface area contributed by atoms with E-state index >= 15 is 0 Å². The highest BCUT2D eigenvalue weighted by Crippen LogP contribution is 2.25. The molecule has 0 bridgehead atoms. The van der Waals surface area contributed by atoms with Crippen molar-refractivity contribution in [1.82, 2.24) is 4.90 Å². The van der Waals surface area contributed by atoms with E-state index in [1.165, 1.54) is 0 Å². The minimum absolute atomic E-state index is 0.188. The van der Waals surface area contributed by atoms with E-state index < -0.39 is 0 Å². The molecule has 2 rings (SSSR count). The minimum Gasteiger partial charge on any atom is -0.495 e. The lowest BCUT2D eigenvalue weighted by Gasteiger charge is -2.28. The molecule has 0 saturated carbocycles. The van der Waals surface area contributed by atoms with Gasteiger partial charge in [0.2, 0.25) is 0 Å². The Kier molecular flexibility index (Phi) is 6.63. The molecule has 0 radical (unpaired) electrons. The largest absolute Gasteiger partial charge is 0.495 e. The fourth-order valence-corrected chi connectivity index (χ4v) is 2.88. The van der Waals surface area contributed by atoms with Crippen molar-refractivity contribution in [2.24, 2.45) is 0 Å². The normalized spacial score (nSPS) is 16.7. The van der Waals surface area contributed by atoms with E-state index in [2.05, 4.69) is 11.4 Å². The molecule has 1 N–H and O–H groups in total. The molecule has 1 unspecified atom stereocenters. The number of hydrogen-bond donors (Lipinski definition) is 1. The van der Waals surface area contributed by atoms with Crippen molar-refractivity contribution < 1.29 is 9.47 Å². The average Bonchev–Trinajstić information content (AvgIpc) is 3.04. The van der Waals surface area contributed by atoms with E-state index in [1.54, 1.807) is 7.11 Å². The molecule has 6 heteroatoms. The van der Waals surface area contributed by atoms with Crippen LogP contribution in [0.25, 0.3) is 0 Å². The molecule has 1 heterocycles. The van der Waals surface area contributed by atoms with Crippen molar-refractivity contribution in [2.75, 3.05) is 32.1 Å². The van der Waals surface area contributed by atoms with Gasteiger partial charge in [-0.3, -0.25) is 0 Å². The number of nitrogens with zero attached hydrogens (tertiary/aromatic N) is 2. The van der Waals surface area contributed by atoms with Crippen molar-refractivity contribution in [3.05, 3.63) is 23.8 Å². The van der Waals surface area contributed by atoms with Crippen LogP contribution in [-0.4, -0.2) is 42.9 Å². The SMILES string of the molecule is COc1ccc(C)cc1NC(=S)N(CCC#N)CC1CCCO1. The van der Waals surface area contributed by atoms with Gasteiger partial charge >= 0.3 is 0 Å². The van der Waals surface area contributed by atoms with Gasteiger partial charge in [0.1, 0.15) is 5.75 Å². The molecule has 0 spiro atoms. The molecule has 124 valence electrons. The molecule has 23 heavy (non-hydrogen) atoms. The number of benzene rings is 1. The van der Waals surface area contributed by atoms with Crippen molar-refractivity contribution in [3.8, 4) is 11.8 Å². The Morgan fingerprint density at radius 2 is 2.39 bits per heavy atom. The summed E-state index contributed by atoms with van der Waals surface area (Å²) in [7, 11) is 1.64. The summed E-state index contributed by atoms with van der Waals surface area (Å²) in [5, 5.41) is 12.7. The molecule has 0 aromatic heterocycles. The first kappa shape index (κ1) is 17.5. The first-order valence-corrected chi connectivity index (χ1v) is 8.24. The molecule has 1 aromatic carbocycles. The Morgan fingerprint density at radius 3 is 3.04 bits per heavy atom. The van der Waals surface area contributed by atoms with Crippen molar-refractivity contribution in [2.45, 2.75) is 32.3 Å². The number of aryl methyl sites for hydroxylation is 1. The Labute approximate surface area is 143 Å². The van der Waals surface area contributed by atoms with Crippen LogP contribution in [0.2, 0.25) is 0 Å². The third kappa shape index (κ3) is 5.08. The predicted octanol–water partition coefficient (Wildman–Crippen LogP) is 3.10. The van der Waals surface area contributed by atoms with E-state index in [-0.39, 0.29) is 6.10 Å². The summed E-state index contributed by atoms with van der Waals surface area (Å²) >= 11 is 5.55. The van der Waals surface area contributed by atoms with Crippen LogP contribution in [0.5, 0.6) is 5.75 Å². The quantitative estimate of drug-likeness (QED) is 0.807. The molecule has 1 atom stereocenters. The van der Waals surface area contributed by atoms with Crippen LogP contribution in [0.3, 0.4) is 0 Å². The van der Waals surface area contributed by atoms with Gasteiger partial charge in [0.25, 0.3) is 0 Å². The van der Waals surface area contributed by atoms with Gasteiger partial charge in [0, 0.05) is 19.7 Å². The monoisotopic (exact) mass is 333 g/mol. The summed E-state index contributed by atoms with van der Waals surface area (Å²) in [6.07, 6.45) is 2.74. The zero-order valence-electron chi connectivity index (χ0n) is 13.7. The Hall–Kier alpha value is -1.84. The van der Waals surface area contributed by atoms with E-state index in [4.69, 9.17) is 27.0 Å². The smallest absolute Gasteiger partial charge is 0.173 e. The van der Waals surface area contributed by atoms with Crippen molar-refractivity contribution in [3.63, 3.8) is 0 Å². The van der Waals surface area contributed by atoms with Crippen LogP contribution in [0, 0.1) is 18.3 Å². The topological polar surface area (TPSA) is 57.5 Å². The molecular weight excluding hydrogens is 310 g/mol. The van der Waals surface area contributed by atoms with Gasteiger partial charge < -0.3 is 19.7 Å². The van der Waals surface area contributed by atoms with Gasteiger partial charge in [-0.1, -0.05) is 6.07 Å². The highest BCUT2D eigenvalue weighted by atomic mass is 32.1. The Morgan fingerprint density at radius 1 is 1.57 bits per heavy atom. The maximum atomic E-state index is 8.87. The second kappa shape index (κ2) is 8.70. The van der Waals surface area contributed by atoms with Gasteiger partial charge in [-0.2, -0.15) is 5.26 Å². The molecule has 5 nitrogen and oxygen atoms in total. The second-order valence-corrected chi connectivity index (χ2v) is 6.01. The van der Waals surface area contributed by atoms with Gasteiger partial charge in [0.15, 0.2) is 5.11 Å². The fraction of sp³-hybridized carbons (Fsp3) is 0.529. The number of ether oxygens (including phenoxy) is 2. The molecule has 1 fully saturated rings. The van der Waals surface area contributed by atoms with Crippen LogP contribution in [0.15, 0.2) is 18.2 Å². The molecule has 1 aromatic rings. The van der Waals surface area contributed by atoms with Crippen LogP contribution >= 0.6 is 12.2 Å². The highest BCUT2D eigenvalue weighted by Gasteiger charge is 2.21. The first-order chi connectivity index (χ1) is 11.1. The van der Waals surface area contributed by atoms with E-state index in [0.29, 0.717) is 24.6 Å². The van der Waals surface area contributed by atoms with Crippen molar-refractivity contribution >= 4 is 23.0 Å². The van der Waals surface area contributed by atoms with Crippen LogP contribution in [0.4, 0.5) is 5.69 Å². The molecular formula is C17H23N3O2S. The predicted molar refractivity (Wildman–Crippen MR) is 94.7 cm³/mol. The molecule has 1 saturated heterocycles. The zero-order chi connectivity index (χ0) is 16.7. The number of thiocarbonyl (C=S) groups is 1. The summed E-state index contributed by atoms with van der Waals surface area (Å²) < 4.78 is 11.1. The summed E-state index contributed by atoms with van der Waals surface area (Å²) in [5.74, 6) is 0.746. The fourth-order valence-electron chi connectivity index (χ4n) is 2.61. The number of anilines is 1. The number of hydrogen-bond acceptors (Lipinski definition) is 4. The van der Waals surface area contributed by atoms with Gasteiger partial charge in [0.05, 0.1) is 31.4 Å². The maximum Gasteiger partial charge on any atom is 0.173 e. The molecule has 0 amide bonds. The van der Waals surface area contributed by atoms with E-state index in [1.807, 2.05) is 30.0 Å². The molecule has 0 aliphatic carbocycles. The van der Waals surface area contributed by atoms with Crippen LogP contribution in [-0.2, 0) is 4.74 Å². The first-order valence-electron chi connectivity index (χ1n) is 7.83. The number of rotatable bonds is 6. The summed E-state index contributed by atoms with van der Waals surface area (Å²) in [4.78, 5) is 2.01. The highest BCUT2D eigenvalue weighted by molar-refractivity contribution is 7.80. The standard InChI is InChI=1S/C17H23N3O2S/c1-13-6-7-16(21-2)15(11-13)19-17(23)20(9-4-8-18)12-14-5-3-10-22-14/h6-7,11,14H,3-5,9-10,12H2,1-2H3,(H,19,23). The summed E-state index contributed by atoms with van der Waals surface area (Å²) in [6, 6.07) is 8.09. The summed E-state index contributed by atoms with van der Waals surface area (Å²) in [6.45, 7) is 4.13. The number of nitriles is 1. The number of methoxy groups -OCH3 is 1. The Balaban J connectivity index is 2.07. The minimum atomic E-state index is 0.188. The van der Waals surface area contributed by atoms with E-state index in [0.717, 1.165) is 36.4 Å². The van der Waals surface area contributed by atoms with Gasteiger partial charge in [-0.05, 0) is 49.7 Å². The lowest BCUT2D eigenvalue weighted by atomic mass is 10.2. The van der Waals surface area contributed by atoms with Crippen LogP contribution in [0.1, 0.15) is 24.8 Å². The number of nitrogens with one attached hydrogen (secondary N) is 1. The third-order valence-electron chi connectivity index (χ3n) is 3.83. The van der Waals surface area contributed by atoms with Gasteiger partial charge in [-0.25, -0.2) is 0 Å². The molecule has 1 aliphatic heterocycles. The van der Waals surface area contributed by atoms with Crippen molar-refractivity contribution in [1.29, 1.82) is 5.26 Å².